The second-order valence-electron chi connectivity index (χ2n) is 3.68. The Kier molecular flexibility index (Phi) is 6.58. The molecule has 0 aliphatic rings. The van der Waals surface area contributed by atoms with E-state index in [1.807, 2.05) is 6.92 Å². The van der Waals surface area contributed by atoms with Crippen molar-refractivity contribution in [3.8, 4) is 17.2 Å². The third kappa shape index (κ3) is 4.27. The number of hydrazone groups is 1. The quantitative estimate of drug-likeness (QED) is 0.472. The average molecular weight is 297 g/mol. The van der Waals surface area contributed by atoms with Crippen LogP contribution in [0, 0.1) is 0 Å². The Hall–Kier alpha value is -2.02. The van der Waals surface area contributed by atoms with Crippen LogP contribution in [0.3, 0.4) is 0 Å². The summed E-state index contributed by atoms with van der Waals surface area (Å²) in [4.78, 5) is 0. The molecule has 0 amide bonds. The minimum Gasteiger partial charge on any atom is -0.496 e. The Balaban J connectivity index is 2.97. The van der Waals surface area contributed by atoms with Gasteiger partial charge >= 0.3 is 0 Å². The molecule has 0 atom stereocenters. The Labute approximate surface area is 124 Å². The van der Waals surface area contributed by atoms with Crippen molar-refractivity contribution in [1.29, 1.82) is 0 Å². The van der Waals surface area contributed by atoms with Gasteiger partial charge in [-0.05, 0) is 19.1 Å². The first-order valence-corrected chi connectivity index (χ1v) is 6.44. The predicted octanol–water partition coefficient (Wildman–Crippen LogP) is 1.53. The molecular formula is C13H19N3O3S. The molecule has 110 valence electrons. The molecule has 0 aromatic heterocycles. The van der Waals surface area contributed by atoms with E-state index < -0.39 is 0 Å². The zero-order valence-corrected chi connectivity index (χ0v) is 12.8. The van der Waals surface area contributed by atoms with Gasteiger partial charge in [-0.25, -0.2) is 0 Å². The van der Waals surface area contributed by atoms with Crippen LogP contribution >= 0.6 is 12.2 Å². The maximum Gasteiger partial charge on any atom is 0.186 e. The Morgan fingerprint density at radius 2 is 1.80 bits per heavy atom. The van der Waals surface area contributed by atoms with Crippen molar-refractivity contribution in [2.24, 2.45) is 5.10 Å². The van der Waals surface area contributed by atoms with Gasteiger partial charge in [-0.3, -0.25) is 5.43 Å². The van der Waals surface area contributed by atoms with Crippen LogP contribution in [0.25, 0.3) is 0 Å². The zero-order valence-electron chi connectivity index (χ0n) is 12.0. The molecule has 2 N–H and O–H groups in total. The molecule has 0 spiro atoms. The summed E-state index contributed by atoms with van der Waals surface area (Å²) in [5.74, 6) is 1.84. The SMILES string of the molecule is CCNC(=S)NN=Cc1c(OC)cc(OC)cc1OC. The van der Waals surface area contributed by atoms with E-state index in [9.17, 15) is 0 Å². The number of thiocarbonyl (C=S) groups is 1. The third-order valence-corrected chi connectivity index (χ3v) is 2.69. The third-order valence-electron chi connectivity index (χ3n) is 2.45. The lowest BCUT2D eigenvalue weighted by Gasteiger charge is -2.12. The summed E-state index contributed by atoms with van der Waals surface area (Å²) in [5, 5.41) is 7.44. The summed E-state index contributed by atoms with van der Waals surface area (Å²) < 4.78 is 15.8. The molecule has 7 heteroatoms. The van der Waals surface area contributed by atoms with E-state index in [-0.39, 0.29) is 0 Å². The van der Waals surface area contributed by atoms with Crippen molar-refractivity contribution >= 4 is 23.5 Å². The largest absolute Gasteiger partial charge is 0.496 e. The second kappa shape index (κ2) is 8.21. The zero-order chi connectivity index (χ0) is 15.0. The molecule has 0 aliphatic heterocycles. The lowest BCUT2D eigenvalue weighted by atomic mass is 10.2. The Morgan fingerprint density at radius 3 is 2.25 bits per heavy atom. The monoisotopic (exact) mass is 297 g/mol. The molecular weight excluding hydrogens is 278 g/mol. The van der Waals surface area contributed by atoms with Crippen molar-refractivity contribution in [2.75, 3.05) is 27.9 Å². The van der Waals surface area contributed by atoms with Crippen molar-refractivity contribution in [2.45, 2.75) is 6.92 Å². The molecule has 0 bridgehead atoms. The summed E-state index contributed by atoms with van der Waals surface area (Å²) in [5.41, 5.74) is 3.41. The molecule has 1 aromatic carbocycles. The average Bonchev–Trinajstić information content (AvgIpc) is 2.47. The van der Waals surface area contributed by atoms with E-state index in [2.05, 4.69) is 15.8 Å². The highest BCUT2D eigenvalue weighted by molar-refractivity contribution is 7.80. The number of hydrogen-bond donors (Lipinski definition) is 2. The van der Waals surface area contributed by atoms with E-state index in [0.29, 0.717) is 27.9 Å². The molecule has 1 rings (SSSR count). The van der Waals surface area contributed by atoms with E-state index in [0.717, 1.165) is 6.54 Å². The maximum atomic E-state index is 5.31. The fraction of sp³-hybridized carbons (Fsp3) is 0.385. The van der Waals surface area contributed by atoms with Crippen LogP contribution in [-0.4, -0.2) is 39.2 Å². The highest BCUT2D eigenvalue weighted by Gasteiger charge is 2.11. The van der Waals surface area contributed by atoms with E-state index in [1.165, 1.54) is 0 Å². The normalized spacial score (nSPS) is 10.2. The van der Waals surface area contributed by atoms with Gasteiger partial charge in [0.15, 0.2) is 5.11 Å². The topological polar surface area (TPSA) is 64.1 Å². The number of benzene rings is 1. The number of rotatable bonds is 6. The van der Waals surface area contributed by atoms with Gasteiger partial charge in [0.2, 0.25) is 0 Å². The Bertz CT molecular complexity index is 467. The molecule has 0 heterocycles. The molecule has 0 fully saturated rings. The summed E-state index contributed by atoms with van der Waals surface area (Å²) in [7, 11) is 4.73. The van der Waals surface area contributed by atoms with Crippen LogP contribution in [0.1, 0.15) is 12.5 Å². The summed E-state index contributed by atoms with van der Waals surface area (Å²) in [6.07, 6.45) is 1.58. The molecule has 6 nitrogen and oxygen atoms in total. The minimum absolute atomic E-state index is 0.454. The number of ether oxygens (including phenoxy) is 3. The molecule has 0 unspecified atom stereocenters. The van der Waals surface area contributed by atoms with Crippen LogP contribution in [0.15, 0.2) is 17.2 Å². The van der Waals surface area contributed by atoms with Crippen LogP contribution in [0.5, 0.6) is 17.2 Å². The van der Waals surface area contributed by atoms with Crippen LogP contribution in [0.2, 0.25) is 0 Å². The molecule has 0 saturated carbocycles. The van der Waals surface area contributed by atoms with Gasteiger partial charge in [0.05, 0.1) is 33.1 Å². The predicted molar refractivity (Wildman–Crippen MR) is 83.1 cm³/mol. The molecule has 0 aliphatic carbocycles. The lowest BCUT2D eigenvalue weighted by molar-refractivity contribution is 0.374. The van der Waals surface area contributed by atoms with Crippen LogP contribution in [-0.2, 0) is 0 Å². The van der Waals surface area contributed by atoms with Gasteiger partial charge in [-0.2, -0.15) is 5.10 Å². The van der Waals surface area contributed by atoms with Crippen LogP contribution < -0.4 is 25.0 Å². The van der Waals surface area contributed by atoms with Crippen molar-refractivity contribution in [3.05, 3.63) is 17.7 Å². The number of nitrogens with zero attached hydrogens (tertiary/aromatic N) is 1. The molecule has 0 radical (unpaired) electrons. The summed E-state index contributed by atoms with van der Waals surface area (Å²) in [6.45, 7) is 2.68. The van der Waals surface area contributed by atoms with Crippen molar-refractivity contribution in [1.82, 2.24) is 10.7 Å². The van der Waals surface area contributed by atoms with E-state index >= 15 is 0 Å². The number of hydrogen-bond acceptors (Lipinski definition) is 5. The first kappa shape index (κ1) is 16.0. The summed E-state index contributed by atoms with van der Waals surface area (Å²) in [6, 6.07) is 3.51. The first-order valence-electron chi connectivity index (χ1n) is 6.03. The van der Waals surface area contributed by atoms with Gasteiger partial charge < -0.3 is 19.5 Å². The summed E-state index contributed by atoms with van der Waals surface area (Å²) >= 11 is 5.01. The molecule has 20 heavy (non-hydrogen) atoms. The maximum absolute atomic E-state index is 5.31. The lowest BCUT2D eigenvalue weighted by Crippen LogP contribution is -2.31. The fourth-order valence-corrected chi connectivity index (χ4v) is 1.71. The molecule has 0 saturated heterocycles. The van der Waals surface area contributed by atoms with Gasteiger partial charge in [0.1, 0.15) is 17.2 Å². The highest BCUT2D eigenvalue weighted by Crippen LogP contribution is 2.32. The highest BCUT2D eigenvalue weighted by atomic mass is 32.1. The van der Waals surface area contributed by atoms with Gasteiger partial charge in [-0.15, -0.1) is 0 Å². The standard InChI is InChI=1S/C13H19N3O3S/c1-5-14-13(20)16-15-8-10-11(18-3)6-9(17-2)7-12(10)19-4/h6-8H,5H2,1-4H3,(H2,14,16,20). The van der Waals surface area contributed by atoms with Crippen molar-refractivity contribution in [3.63, 3.8) is 0 Å². The number of nitrogens with one attached hydrogen (secondary N) is 2. The van der Waals surface area contributed by atoms with Crippen LogP contribution in [0.4, 0.5) is 0 Å². The van der Waals surface area contributed by atoms with Gasteiger partial charge in [0.25, 0.3) is 0 Å². The smallest absolute Gasteiger partial charge is 0.186 e. The second-order valence-corrected chi connectivity index (χ2v) is 4.08. The molecule has 1 aromatic rings. The Morgan fingerprint density at radius 1 is 1.20 bits per heavy atom. The first-order chi connectivity index (χ1) is 9.65. The van der Waals surface area contributed by atoms with E-state index in [4.69, 9.17) is 26.4 Å². The van der Waals surface area contributed by atoms with Gasteiger partial charge in [-0.1, -0.05) is 0 Å². The fourth-order valence-electron chi connectivity index (χ4n) is 1.52. The number of methoxy groups -OCH3 is 3. The van der Waals surface area contributed by atoms with Gasteiger partial charge in [0, 0.05) is 18.7 Å². The van der Waals surface area contributed by atoms with Crippen molar-refractivity contribution < 1.29 is 14.2 Å². The van der Waals surface area contributed by atoms with E-state index in [1.54, 1.807) is 39.7 Å². The minimum atomic E-state index is 0.454.